The van der Waals surface area contributed by atoms with Crippen molar-refractivity contribution >= 4 is 5.91 Å². The Morgan fingerprint density at radius 2 is 0.591 bits per heavy atom. The second kappa shape index (κ2) is 57.9. The molecule has 0 aliphatic heterocycles. The molecule has 0 fully saturated rings. The number of aliphatic hydroxyl groups excluding tert-OH is 2. The molecule has 0 rings (SSSR count). The van der Waals surface area contributed by atoms with Crippen molar-refractivity contribution in [3.8, 4) is 0 Å². The van der Waals surface area contributed by atoms with E-state index in [1.54, 1.807) is 6.08 Å². The van der Waals surface area contributed by atoms with E-state index in [1.807, 2.05) is 6.08 Å². The molecule has 390 valence electrons. The number of carbonyl (C=O) groups is 1. The van der Waals surface area contributed by atoms with Crippen molar-refractivity contribution in [1.29, 1.82) is 0 Å². The highest BCUT2D eigenvalue weighted by Crippen LogP contribution is 2.18. The lowest BCUT2D eigenvalue weighted by Crippen LogP contribution is -2.45. The van der Waals surface area contributed by atoms with Gasteiger partial charge in [-0.1, -0.05) is 320 Å². The molecule has 0 spiro atoms. The second-order valence-corrected chi connectivity index (χ2v) is 20.8. The molecule has 0 aliphatic rings. The maximum atomic E-state index is 12.5. The van der Waals surface area contributed by atoms with Gasteiger partial charge in [-0.25, -0.2) is 0 Å². The van der Waals surface area contributed by atoms with E-state index in [0.29, 0.717) is 6.42 Å². The van der Waals surface area contributed by atoms with Crippen LogP contribution >= 0.6 is 0 Å². The minimum Gasteiger partial charge on any atom is -0.394 e. The highest BCUT2D eigenvalue weighted by Gasteiger charge is 2.18. The third-order valence-electron chi connectivity index (χ3n) is 14.1. The Morgan fingerprint density at radius 3 is 0.879 bits per heavy atom. The van der Waals surface area contributed by atoms with E-state index in [1.165, 1.54) is 276 Å². The molecular weight excluding hydrogens is 807 g/mol. The lowest BCUT2D eigenvalue weighted by Gasteiger charge is -2.19. The molecule has 0 saturated carbocycles. The van der Waals surface area contributed by atoms with Crippen molar-refractivity contribution in [1.82, 2.24) is 5.32 Å². The topological polar surface area (TPSA) is 69.6 Å². The molecule has 0 heterocycles. The van der Waals surface area contributed by atoms with E-state index in [9.17, 15) is 15.0 Å². The lowest BCUT2D eigenvalue weighted by molar-refractivity contribution is -0.123. The summed E-state index contributed by atoms with van der Waals surface area (Å²) in [6.07, 6.45) is 79.1. The number of rotatable bonds is 56. The van der Waals surface area contributed by atoms with Gasteiger partial charge in [-0.2, -0.15) is 0 Å². The number of hydrogen-bond donors (Lipinski definition) is 3. The average Bonchev–Trinajstić information content (AvgIpc) is 3.32. The number of unbranched alkanes of at least 4 members (excludes halogenated alkanes) is 45. The normalized spacial score (nSPS) is 13.0. The van der Waals surface area contributed by atoms with Crippen LogP contribution in [-0.4, -0.2) is 34.9 Å². The fraction of sp³-hybridized carbons (Fsp3) is 0.887. The van der Waals surface area contributed by atoms with Gasteiger partial charge in [0, 0.05) is 6.42 Å². The number of amides is 1. The van der Waals surface area contributed by atoms with E-state index in [0.717, 1.165) is 38.5 Å². The molecule has 0 bridgehead atoms. The molecule has 0 saturated heterocycles. The van der Waals surface area contributed by atoms with Crippen LogP contribution in [0.25, 0.3) is 0 Å². The summed E-state index contributed by atoms with van der Waals surface area (Å²) in [5.74, 6) is -0.0716. The number of carbonyl (C=O) groups excluding carboxylic acids is 1. The highest BCUT2D eigenvalue weighted by atomic mass is 16.3. The minimum absolute atomic E-state index is 0.0716. The first-order valence-electron chi connectivity index (χ1n) is 30.2. The summed E-state index contributed by atoms with van der Waals surface area (Å²) >= 11 is 0. The van der Waals surface area contributed by atoms with Crippen LogP contribution in [0.5, 0.6) is 0 Å². The number of allylic oxidation sites excluding steroid dienone is 5. The van der Waals surface area contributed by atoms with Gasteiger partial charge < -0.3 is 15.5 Å². The van der Waals surface area contributed by atoms with Crippen LogP contribution in [0, 0.1) is 0 Å². The Hall–Kier alpha value is -1.39. The van der Waals surface area contributed by atoms with Crippen LogP contribution in [0.1, 0.15) is 335 Å². The van der Waals surface area contributed by atoms with Crippen LogP contribution in [-0.2, 0) is 4.79 Å². The second-order valence-electron chi connectivity index (χ2n) is 20.8. The minimum atomic E-state index is -0.869. The monoisotopic (exact) mass is 926 g/mol. The first-order chi connectivity index (χ1) is 32.7. The van der Waals surface area contributed by atoms with E-state index in [-0.39, 0.29) is 12.5 Å². The maximum absolute atomic E-state index is 12.5. The maximum Gasteiger partial charge on any atom is 0.220 e. The molecule has 0 aliphatic carbocycles. The summed E-state index contributed by atoms with van der Waals surface area (Å²) in [6, 6.07) is -0.644. The van der Waals surface area contributed by atoms with Crippen molar-refractivity contribution in [3.63, 3.8) is 0 Å². The Kier molecular flexibility index (Phi) is 56.7. The van der Waals surface area contributed by atoms with Gasteiger partial charge in [0.25, 0.3) is 0 Å². The van der Waals surface area contributed by atoms with Crippen molar-refractivity contribution in [2.24, 2.45) is 0 Å². The molecule has 0 aromatic rings. The van der Waals surface area contributed by atoms with Gasteiger partial charge in [-0.05, 0) is 44.9 Å². The standard InChI is InChI=1S/C62H119NO3/c1-3-5-7-9-11-13-15-17-19-21-23-24-25-26-27-28-29-30-31-32-33-34-35-36-37-38-40-42-44-46-48-50-52-54-56-58-62(66)63-60(59-64)61(65)57-55-53-51-49-47-45-43-41-39-22-20-18-16-14-12-10-8-6-4-2/h39,41,47,49,55,57,60-61,64-65H,3-38,40,42-46,48,50-54,56,58-59H2,1-2H3,(H,63,66)/b41-39+,49-47+,57-55+. The summed E-state index contributed by atoms with van der Waals surface area (Å²) in [7, 11) is 0. The molecule has 0 radical (unpaired) electrons. The first-order valence-corrected chi connectivity index (χ1v) is 30.2. The third kappa shape index (κ3) is 53.6. The van der Waals surface area contributed by atoms with Crippen molar-refractivity contribution < 1.29 is 15.0 Å². The van der Waals surface area contributed by atoms with Crippen molar-refractivity contribution in [2.75, 3.05) is 6.61 Å². The Morgan fingerprint density at radius 1 is 0.348 bits per heavy atom. The van der Waals surface area contributed by atoms with Crippen LogP contribution < -0.4 is 5.32 Å². The molecule has 4 nitrogen and oxygen atoms in total. The Bertz CT molecular complexity index is 1010. The lowest BCUT2D eigenvalue weighted by atomic mass is 10.0. The van der Waals surface area contributed by atoms with Crippen LogP contribution in [0.3, 0.4) is 0 Å². The summed E-state index contributed by atoms with van der Waals surface area (Å²) < 4.78 is 0. The molecule has 0 aromatic carbocycles. The average molecular weight is 927 g/mol. The van der Waals surface area contributed by atoms with Gasteiger partial charge in [0.15, 0.2) is 0 Å². The van der Waals surface area contributed by atoms with E-state index < -0.39 is 12.1 Å². The SMILES string of the molecule is CCCCCCCCCCC/C=C/CC/C=C/CC/C=C/C(O)C(CO)NC(=O)CCCCCCCCCCCCCCCCCCCCCCCCCCCCCCCCCCCCC. The third-order valence-corrected chi connectivity index (χ3v) is 14.1. The summed E-state index contributed by atoms with van der Waals surface area (Å²) in [4.78, 5) is 12.5. The van der Waals surface area contributed by atoms with Crippen LogP contribution in [0.2, 0.25) is 0 Å². The van der Waals surface area contributed by atoms with Gasteiger partial charge >= 0.3 is 0 Å². The fourth-order valence-electron chi connectivity index (χ4n) is 9.51. The van der Waals surface area contributed by atoms with Gasteiger partial charge in [0.1, 0.15) is 0 Å². The largest absolute Gasteiger partial charge is 0.394 e. The molecule has 2 atom stereocenters. The highest BCUT2D eigenvalue weighted by molar-refractivity contribution is 5.76. The number of aliphatic hydroxyl groups is 2. The van der Waals surface area contributed by atoms with Gasteiger partial charge in [-0.15, -0.1) is 0 Å². The van der Waals surface area contributed by atoms with E-state index >= 15 is 0 Å². The van der Waals surface area contributed by atoms with E-state index in [4.69, 9.17) is 0 Å². The van der Waals surface area contributed by atoms with Crippen LogP contribution in [0.15, 0.2) is 36.5 Å². The Labute approximate surface area is 414 Å². The molecule has 1 amide bonds. The van der Waals surface area contributed by atoms with Gasteiger partial charge in [-0.3, -0.25) is 4.79 Å². The Balaban J connectivity index is 3.44. The smallest absolute Gasteiger partial charge is 0.220 e. The predicted octanol–water partition coefficient (Wildman–Crippen LogP) is 20.0. The summed E-state index contributed by atoms with van der Waals surface area (Å²) in [5.41, 5.74) is 0. The van der Waals surface area contributed by atoms with Gasteiger partial charge in [0.2, 0.25) is 5.91 Å². The van der Waals surface area contributed by atoms with Gasteiger partial charge in [0.05, 0.1) is 18.8 Å². The molecule has 4 heteroatoms. The molecule has 66 heavy (non-hydrogen) atoms. The first kappa shape index (κ1) is 64.6. The zero-order valence-corrected chi connectivity index (χ0v) is 45.0. The fourth-order valence-corrected chi connectivity index (χ4v) is 9.51. The van der Waals surface area contributed by atoms with Crippen molar-refractivity contribution in [2.45, 2.75) is 347 Å². The molecular formula is C62H119NO3. The quantitative estimate of drug-likeness (QED) is 0.0420. The number of hydrogen-bond acceptors (Lipinski definition) is 3. The zero-order chi connectivity index (χ0) is 47.7. The summed E-state index contributed by atoms with van der Waals surface area (Å²) in [6.45, 7) is 4.32. The van der Waals surface area contributed by atoms with Crippen LogP contribution in [0.4, 0.5) is 0 Å². The van der Waals surface area contributed by atoms with E-state index in [2.05, 4.69) is 43.5 Å². The molecule has 3 N–H and O–H groups in total. The molecule has 2 unspecified atom stereocenters. The predicted molar refractivity (Wildman–Crippen MR) is 295 cm³/mol. The number of nitrogens with one attached hydrogen (secondary N) is 1. The van der Waals surface area contributed by atoms with Crippen molar-refractivity contribution in [3.05, 3.63) is 36.5 Å². The summed E-state index contributed by atoms with van der Waals surface area (Å²) in [5, 5.41) is 23.1. The zero-order valence-electron chi connectivity index (χ0n) is 45.0. The molecule has 0 aromatic heterocycles.